The molecule has 7 heteroatoms. The van der Waals surface area contributed by atoms with E-state index in [-0.39, 0.29) is 36.7 Å². The molecule has 176 valence electrons. The van der Waals surface area contributed by atoms with E-state index in [1.807, 2.05) is 30.3 Å². The van der Waals surface area contributed by atoms with Crippen molar-refractivity contribution < 1.29 is 23.9 Å². The van der Waals surface area contributed by atoms with E-state index in [1.54, 1.807) is 24.3 Å². The second-order valence-corrected chi connectivity index (χ2v) is 8.14. The number of amides is 2. The van der Waals surface area contributed by atoms with Gasteiger partial charge in [0.05, 0.1) is 12.7 Å². The number of rotatable bonds is 12. The van der Waals surface area contributed by atoms with Crippen LogP contribution in [0.15, 0.2) is 54.6 Å². The number of hydrogen-bond acceptors (Lipinski definition) is 5. The van der Waals surface area contributed by atoms with Gasteiger partial charge in [-0.3, -0.25) is 14.4 Å². The molecule has 0 aromatic heterocycles. The molecule has 0 saturated carbocycles. The molecule has 1 heterocycles. The Morgan fingerprint density at radius 2 is 1.85 bits per heavy atom. The number of nitrogens with one attached hydrogen (secondary N) is 2. The summed E-state index contributed by atoms with van der Waals surface area (Å²) in [7, 11) is 0. The number of aryl methyl sites for hydroxylation is 1. The molecule has 0 radical (unpaired) electrons. The molecule has 1 atom stereocenters. The molecular formula is C26H32N2O5. The third-order valence-electron chi connectivity index (χ3n) is 5.42. The molecule has 2 N–H and O–H groups in total. The lowest BCUT2D eigenvalue weighted by Gasteiger charge is -2.11. The smallest absolute Gasteiger partial charge is 0.305 e. The zero-order valence-electron chi connectivity index (χ0n) is 18.9. The summed E-state index contributed by atoms with van der Waals surface area (Å²) in [5.74, 6) is -0.693. The van der Waals surface area contributed by atoms with Crippen molar-refractivity contribution in [2.45, 2.75) is 51.0 Å². The van der Waals surface area contributed by atoms with E-state index in [0.717, 1.165) is 32.3 Å². The van der Waals surface area contributed by atoms with Crippen LogP contribution in [0.4, 0.5) is 5.69 Å². The van der Waals surface area contributed by atoms with Crippen molar-refractivity contribution >= 4 is 23.5 Å². The maximum atomic E-state index is 12.3. The highest BCUT2D eigenvalue weighted by Gasteiger charge is 2.17. The van der Waals surface area contributed by atoms with Crippen molar-refractivity contribution in [2.75, 3.05) is 25.1 Å². The predicted molar refractivity (Wildman–Crippen MR) is 126 cm³/mol. The number of hydrogen-bond donors (Lipinski definition) is 2. The van der Waals surface area contributed by atoms with Gasteiger partial charge in [0, 0.05) is 37.2 Å². The van der Waals surface area contributed by atoms with Crippen LogP contribution >= 0.6 is 0 Å². The zero-order valence-corrected chi connectivity index (χ0v) is 18.9. The summed E-state index contributed by atoms with van der Waals surface area (Å²) < 4.78 is 10.8. The molecule has 1 aliphatic rings. The van der Waals surface area contributed by atoms with Gasteiger partial charge in [0.2, 0.25) is 5.91 Å². The second-order valence-electron chi connectivity index (χ2n) is 8.14. The van der Waals surface area contributed by atoms with Gasteiger partial charge in [-0.25, -0.2) is 0 Å². The Balaban J connectivity index is 1.30. The van der Waals surface area contributed by atoms with Crippen LogP contribution in [-0.4, -0.2) is 43.6 Å². The first-order valence-electron chi connectivity index (χ1n) is 11.6. The number of ether oxygens (including phenoxy) is 2. The van der Waals surface area contributed by atoms with Gasteiger partial charge >= 0.3 is 5.97 Å². The minimum Gasteiger partial charge on any atom is -0.466 e. The predicted octanol–water partition coefficient (Wildman–Crippen LogP) is 3.88. The van der Waals surface area contributed by atoms with Crippen LogP contribution in [-0.2, 0) is 25.5 Å². The third-order valence-corrected chi connectivity index (χ3v) is 5.42. The van der Waals surface area contributed by atoms with Gasteiger partial charge in [-0.1, -0.05) is 36.4 Å². The minimum absolute atomic E-state index is 0.0763. The van der Waals surface area contributed by atoms with Crippen LogP contribution in [0.2, 0.25) is 0 Å². The summed E-state index contributed by atoms with van der Waals surface area (Å²) >= 11 is 0. The summed E-state index contributed by atoms with van der Waals surface area (Å²) in [5, 5.41) is 5.65. The summed E-state index contributed by atoms with van der Waals surface area (Å²) in [5.41, 5.74) is 2.24. The summed E-state index contributed by atoms with van der Waals surface area (Å²) in [6.07, 6.45) is 4.50. The maximum absolute atomic E-state index is 12.3. The number of carbonyl (C=O) groups excluding carboxylic acids is 3. The first-order chi connectivity index (χ1) is 16.1. The van der Waals surface area contributed by atoms with Crippen LogP contribution in [0, 0.1) is 0 Å². The van der Waals surface area contributed by atoms with Crippen molar-refractivity contribution in [3.05, 3.63) is 65.7 Å². The van der Waals surface area contributed by atoms with E-state index >= 15 is 0 Å². The second kappa shape index (κ2) is 13.4. The van der Waals surface area contributed by atoms with E-state index in [2.05, 4.69) is 10.6 Å². The zero-order chi connectivity index (χ0) is 23.3. The Morgan fingerprint density at radius 3 is 2.64 bits per heavy atom. The molecule has 0 spiro atoms. The van der Waals surface area contributed by atoms with Gasteiger partial charge in [-0.05, 0) is 55.9 Å². The van der Waals surface area contributed by atoms with E-state index < -0.39 is 0 Å². The SMILES string of the molecule is O=C(CCCC(=O)OCCCc1ccccc1)Nc1cccc(C(=O)NCC2CCCO2)c1. The molecule has 2 amide bonds. The number of benzene rings is 2. The number of anilines is 1. The van der Waals surface area contributed by atoms with Crippen molar-refractivity contribution in [3.8, 4) is 0 Å². The first-order valence-corrected chi connectivity index (χ1v) is 11.6. The molecule has 0 bridgehead atoms. The molecule has 0 aliphatic carbocycles. The Morgan fingerprint density at radius 1 is 1.00 bits per heavy atom. The van der Waals surface area contributed by atoms with Crippen molar-refractivity contribution in [1.82, 2.24) is 5.32 Å². The van der Waals surface area contributed by atoms with Crippen LogP contribution in [0.3, 0.4) is 0 Å². The molecule has 1 fully saturated rings. The van der Waals surface area contributed by atoms with Gasteiger partial charge in [-0.2, -0.15) is 0 Å². The lowest BCUT2D eigenvalue weighted by atomic mass is 10.1. The fourth-order valence-electron chi connectivity index (χ4n) is 3.65. The summed E-state index contributed by atoms with van der Waals surface area (Å²) in [4.78, 5) is 36.4. The van der Waals surface area contributed by atoms with Crippen LogP contribution in [0.1, 0.15) is 54.4 Å². The molecule has 2 aromatic carbocycles. The minimum atomic E-state index is -0.291. The summed E-state index contributed by atoms with van der Waals surface area (Å²) in [6.45, 7) is 1.60. The monoisotopic (exact) mass is 452 g/mol. The average molecular weight is 453 g/mol. The fourth-order valence-corrected chi connectivity index (χ4v) is 3.65. The van der Waals surface area contributed by atoms with Gasteiger partial charge < -0.3 is 20.1 Å². The van der Waals surface area contributed by atoms with E-state index in [1.165, 1.54) is 5.56 Å². The topological polar surface area (TPSA) is 93.7 Å². The van der Waals surface area contributed by atoms with Crippen molar-refractivity contribution in [1.29, 1.82) is 0 Å². The lowest BCUT2D eigenvalue weighted by Crippen LogP contribution is -2.31. The molecule has 1 saturated heterocycles. The number of esters is 1. The molecule has 2 aromatic rings. The molecule has 33 heavy (non-hydrogen) atoms. The highest BCUT2D eigenvalue weighted by atomic mass is 16.5. The standard InChI is InChI=1S/C26H32N2O5/c29-24(14-5-15-25(30)33-17-6-10-20-8-2-1-3-9-20)28-22-12-4-11-21(18-22)26(31)27-19-23-13-7-16-32-23/h1-4,8-9,11-12,18,23H,5-7,10,13-17,19H2,(H,27,31)(H,28,29). The van der Waals surface area contributed by atoms with Crippen LogP contribution in [0.25, 0.3) is 0 Å². The molecular weight excluding hydrogens is 420 g/mol. The van der Waals surface area contributed by atoms with E-state index in [9.17, 15) is 14.4 Å². The highest BCUT2D eigenvalue weighted by Crippen LogP contribution is 2.14. The molecule has 1 aliphatic heterocycles. The summed E-state index contributed by atoms with van der Waals surface area (Å²) in [6, 6.07) is 16.9. The largest absolute Gasteiger partial charge is 0.466 e. The van der Waals surface area contributed by atoms with Crippen LogP contribution in [0.5, 0.6) is 0 Å². The van der Waals surface area contributed by atoms with Gasteiger partial charge in [0.15, 0.2) is 0 Å². The maximum Gasteiger partial charge on any atom is 0.305 e. The Bertz CT molecular complexity index is 910. The van der Waals surface area contributed by atoms with Gasteiger partial charge in [-0.15, -0.1) is 0 Å². The highest BCUT2D eigenvalue weighted by molar-refractivity contribution is 5.97. The van der Waals surface area contributed by atoms with Crippen molar-refractivity contribution in [3.63, 3.8) is 0 Å². The normalized spacial score (nSPS) is 15.1. The number of carbonyl (C=O) groups is 3. The Hall–Kier alpha value is -3.19. The quantitative estimate of drug-likeness (QED) is 0.377. The van der Waals surface area contributed by atoms with Crippen LogP contribution < -0.4 is 10.6 Å². The van der Waals surface area contributed by atoms with Gasteiger partial charge in [0.25, 0.3) is 5.91 Å². The molecule has 1 unspecified atom stereocenters. The van der Waals surface area contributed by atoms with Gasteiger partial charge in [0.1, 0.15) is 0 Å². The average Bonchev–Trinajstić information content (AvgIpc) is 3.35. The Kier molecular flexibility index (Phi) is 9.91. The lowest BCUT2D eigenvalue weighted by molar-refractivity contribution is -0.143. The first kappa shape index (κ1) is 24.5. The fraction of sp³-hybridized carbons (Fsp3) is 0.423. The van der Waals surface area contributed by atoms with Crippen molar-refractivity contribution in [2.24, 2.45) is 0 Å². The van der Waals surface area contributed by atoms with E-state index in [4.69, 9.17) is 9.47 Å². The Labute approximate surface area is 194 Å². The molecule has 3 rings (SSSR count). The third kappa shape index (κ3) is 9.06. The molecule has 7 nitrogen and oxygen atoms in total. The van der Waals surface area contributed by atoms with E-state index in [0.29, 0.717) is 30.8 Å².